The zero-order chi connectivity index (χ0) is 13.5. The molecule has 4 fully saturated rings. The van der Waals surface area contributed by atoms with Crippen molar-refractivity contribution in [2.24, 2.45) is 10.8 Å². The van der Waals surface area contributed by atoms with Crippen molar-refractivity contribution in [2.45, 2.75) is 63.1 Å². The second-order valence-electron chi connectivity index (χ2n) is 7.33. The Morgan fingerprint density at radius 2 is 2.00 bits per heavy atom. The lowest BCUT2D eigenvalue weighted by Crippen LogP contribution is -2.52. The zero-order valence-corrected chi connectivity index (χ0v) is 11.6. The van der Waals surface area contributed by atoms with Crippen molar-refractivity contribution in [1.82, 2.24) is 0 Å². The molecule has 0 unspecified atom stereocenters. The van der Waals surface area contributed by atoms with E-state index in [2.05, 4.69) is 13.0 Å². The Morgan fingerprint density at radius 1 is 1.21 bits per heavy atom. The molecule has 3 heterocycles. The highest BCUT2D eigenvalue weighted by Crippen LogP contribution is 2.72. The van der Waals surface area contributed by atoms with Crippen LogP contribution in [0.1, 0.15) is 39.5 Å². The van der Waals surface area contributed by atoms with E-state index >= 15 is 0 Å². The summed E-state index contributed by atoms with van der Waals surface area (Å²) in [5.41, 5.74) is -1.46. The minimum Gasteiger partial charge on any atom is -0.393 e. The van der Waals surface area contributed by atoms with Gasteiger partial charge < -0.3 is 19.7 Å². The molecule has 0 aromatic rings. The van der Waals surface area contributed by atoms with Crippen LogP contribution in [0.2, 0.25) is 0 Å². The lowest BCUT2D eigenvalue weighted by molar-refractivity contribution is -0.261. The van der Waals surface area contributed by atoms with Crippen LogP contribution in [0, 0.1) is 10.8 Å². The van der Waals surface area contributed by atoms with E-state index in [4.69, 9.17) is 9.47 Å². The molecule has 1 spiro atoms. The van der Waals surface area contributed by atoms with Gasteiger partial charge >= 0.3 is 0 Å². The van der Waals surface area contributed by atoms with E-state index in [9.17, 15) is 10.2 Å². The molecular formula is C15H22O4. The van der Waals surface area contributed by atoms with Gasteiger partial charge in [0.15, 0.2) is 6.29 Å². The first-order valence-corrected chi connectivity index (χ1v) is 7.23. The molecule has 3 aliphatic heterocycles. The molecule has 5 aliphatic rings. The van der Waals surface area contributed by atoms with Gasteiger partial charge in [0.25, 0.3) is 0 Å². The van der Waals surface area contributed by atoms with Gasteiger partial charge in [0.05, 0.1) is 18.3 Å². The molecule has 4 heteroatoms. The van der Waals surface area contributed by atoms with Crippen molar-refractivity contribution in [3.63, 3.8) is 0 Å². The Labute approximate surface area is 113 Å². The van der Waals surface area contributed by atoms with Crippen LogP contribution in [0.5, 0.6) is 0 Å². The summed E-state index contributed by atoms with van der Waals surface area (Å²) in [5, 5.41) is 20.0. The van der Waals surface area contributed by atoms with Crippen LogP contribution < -0.4 is 0 Å². The summed E-state index contributed by atoms with van der Waals surface area (Å²) in [6.45, 7) is 4.13. The van der Waals surface area contributed by atoms with Crippen molar-refractivity contribution in [2.75, 3.05) is 6.61 Å². The van der Waals surface area contributed by atoms with E-state index in [1.807, 2.05) is 13.0 Å². The smallest absolute Gasteiger partial charge is 0.168 e. The van der Waals surface area contributed by atoms with Crippen LogP contribution in [0.3, 0.4) is 0 Å². The van der Waals surface area contributed by atoms with Gasteiger partial charge in [-0.1, -0.05) is 19.1 Å². The normalized spacial score (nSPS) is 62.3. The lowest BCUT2D eigenvalue weighted by Gasteiger charge is -2.50. The molecule has 19 heavy (non-hydrogen) atoms. The van der Waals surface area contributed by atoms with E-state index in [0.717, 1.165) is 19.3 Å². The Hall–Kier alpha value is -0.420. The molecule has 2 aliphatic carbocycles. The molecule has 5 rings (SSSR count). The third kappa shape index (κ3) is 1.20. The maximum atomic E-state index is 10.1. The number of rotatable bonds is 1. The molecule has 2 N–H and O–H groups in total. The van der Waals surface area contributed by atoms with Crippen LogP contribution in [0.15, 0.2) is 12.2 Å². The Balaban J connectivity index is 1.83. The fourth-order valence-electron chi connectivity index (χ4n) is 4.98. The van der Waals surface area contributed by atoms with Gasteiger partial charge in [0, 0.05) is 17.3 Å². The van der Waals surface area contributed by atoms with E-state index in [1.165, 1.54) is 0 Å². The SMILES string of the molecule is C[C@]12C[C@@H]3C[C@]1(CO)O[C@@H](O3)[C@]21C=C[C@@](C)(O)CC1. The van der Waals surface area contributed by atoms with Gasteiger partial charge in [-0.3, -0.25) is 0 Å². The predicted molar refractivity (Wildman–Crippen MR) is 68.3 cm³/mol. The summed E-state index contributed by atoms with van der Waals surface area (Å²) in [6.07, 6.45) is 7.27. The van der Waals surface area contributed by atoms with Crippen LogP contribution in [0.25, 0.3) is 0 Å². The van der Waals surface area contributed by atoms with E-state index < -0.39 is 11.2 Å². The number of hydrogen-bond donors (Lipinski definition) is 2. The molecule has 4 nitrogen and oxygen atoms in total. The van der Waals surface area contributed by atoms with Gasteiger partial charge in [-0.25, -0.2) is 0 Å². The van der Waals surface area contributed by atoms with Crippen molar-refractivity contribution >= 4 is 0 Å². The second-order valence-corrected chi connectivity index (χ2v) is 7.33. The van der Waals surface area contributed by atoms with Crippen molar-refractivity contribution in [1.29, 1.82) is 0 Å². The maximum Gasteiger partial charge on any atom is 0.168 e. The molecule has 0 radical (unpaired) electrons. The zero-order valence-electron chi connectivity index (χ0n) is 11.6. The average Bonchev–Trinajstić information content (AvgIpc) is 2.64. The number of ether oxygens (including phenoxy) is 2. The van der Waals surface area contributed by atoms with E-state index in [-0.39, 0.29) is 29.8 Å². The minimum atomic E-state index is -0.728. The number of aliphatic hydroxyl groups excluding tert-OH is 1. The summed E-state index contributed by atoms with van der Waals surface area (Å²) >= 11 is 0. The predicted octanol–water partition coefficient (Wildman–Crippen LogP) is 1.36. The van der Waals surface area contributed by atoms with Gasteiger partial charge in [-0.15, -0.1) is 0 Å². The molecule has 106 valence electrons. The first kappa shape index (κ1) is 12.3. The molecule has 4 bridgehead atoms. The monoisotopic (exact) mass is 266 g/mol. The molecule has 3 saturated heterocycles. The van der Waals surface area contributed by atoms with Crippen molar-refractivity contribution < 1.29 is 19.7 Å². The first-order chi connectivity index (χ1) is 8.87. The highest BCUT2D eigenvalue weighted by molar-refractivity contribution is 5.30. The largest absolute Gasteiger partial charge is 0.393 e. The van der Waals surface area contributed by atoms with Crippen molar-refractivity contribution in [3.8, 4) is 0 Å². The molecule has 6 atom stereocenters. The summed E-state index contributed by atoms with van der Waals surface area (Å²) in [6, 6.07) is 0. The van der Waals surface area contributed by atoms with E-state index in [1.54, 1.807) is 0 Å². The van der Waals surface area contributed by atoms with Crippen LogP contribution in [-0.4, -0.2) is 40.4 Å². The molecule has 0 aromatic heterocycles. The Bertz CT molecular complexity index is 459. The third-order valence-corrected chi connectivity index (χ3v) is 6.34. The fraction of sp³-hybridized carbons (Fsp3) is 0.867. The van der Waals surface area contributed by atoms with Gasteiger partial charge in [0.2, 0.25) is 0 Å². The average molecular weight is 266 g/mol. The first-order valence-electron chi connectivity index (χ1n) is 7.23. The molecule has 0 amide bonds. The van der Waals surface area contributed by atoms with Gasteiger partial charge in [0.1, 0.15) is 5.60 Å². The fourth-order valence-corrected chi connectivity index (χ4v) is 4.98. The highest BCUT2D eigenvalue weighted by atomic mass is 16.7. The van der Waals surface area contributed by atoms with Crippen LogP contribution in [0.4, 0.5) is 0 Å². The Morgan fingerprint density at radius 3 is 2.63 bits per heavy atom. The van der Waals surface area contributed by atoms with E-state index in [0.29, 0.717) is 6.42 Å². The summed E-state index contributed by atoms with van der Waals surface area (Å²) in [4.78, 5) is 0. The van der Waals surface area contributed by atoms with Gasteiger partial charge in [-0.05, 0) is 26.2 Å². The maximum absolute atomic E-state index is 10.1. The Kier molecular flexibility index (Phi) is 2.11. The third-order valence-electron chi connectivity index (χ3n) is 6.34. The summed E-state index contributed by atoms with van der Waals surface area (Å²) < 4.78 is 12.2. The number of hydrogen-bond acceptors (Lipinski definition) is 4. The van der Waals surface area contributed by atoms with Crippen molar-refractivity contribution in [3.05, 3.63) is 12.2 Å². The lowest BCUT2D eigenvalue weighted by atomic mass is 9.55. The molecular weight excluding hydrogens is 244 g/mol. The highest BCUT2D eigenvalue weighted by Gasteiger charge is 2.77. The van der Waals surface area contributed by atoms with Gasteiger partial charge in [-0.2, -0.15) is 0 Å². The van der Waals surface area contributed by atoms with Crippen LogP contribution >= 0.6 is 0 Å². The second kappa shape index (κ2) is 3.25. The molecule has 1 saturated carbocycles. The molecule has 0 aromatic carbocycles. The quantitative estimate of drug-likeness (QED) is 0.704. The summed E-state index contributed by atoms with van der Waals surface area (Å²) in [7, 11) is 0. The number of aliphatic hydroxyl groups is 2. The topological polar surface area (TPSA) is 58.9 Å². The summed E-state index contributed by atoms with van der Waals surface area (Å²) in [5.74, 6) is 0. The van der Waals surface area contributed by atoms with Crippen LogP contribution in [-0.2, 0) is 9.47 Å². The standard InChI is InChI=1S/C15H22O4/c1-12(17)3-5-14(6-4-12)11-18-10-7-13(14,2)15(8-10,9-16)19-11/h3,5,10-11,16-17H,4,6-9H2,1-2H3/t10-,11-,12-,13-,14-,15-/m1/s1. The minimum absolute atomic E-state index is 0.0614.